The van der Waals surface area contributed by atoms with Crippen molar-refractivity contribution in [3.05, 3.63) is 129 Å². The van der Waals surface area contributed by atoms with Gasteiger partial charge in [0.2, 0.25) is 0 Å². The van der Waals surface area contributed by atoms with E-state index in [1.165, 1.54) is 141 Å². The third-order valence-electron chi connectivity index (χ3n) is 10.3. The third-order valence-corrected chi connectivity index (χ3v) is 10.3. The SMILES string of the molecule is CCCCCCCCc1cc(Cc2ccc(CCCCCc3ccc(Cc4ccc(N)c(CCCCCCCC)c4)cc3)cc2)ccc1N. The van der Waals surface area contributed by atoms with Crippen LogP contribution in [0.4, 0.5) is 11.4 Å². The molecule has 0 amide bonds. The smallest absolute Gasteiger partial charge is 0.0346 e. The normalized spacial score (nSPS) is 11.3. The Labute approximate surface area is 300 Å². The van der Waals surface area contributed by atoms with Gasteiger partial charge in [0.15, 0.2) is 0 Å². The summed E-state index contributed by atoms with van der Waals surface area (Å²) in [5, 5.41) is 0. The average molecular weight is 659 g/mol. The van der Waals surface area contributed by atoms with E-state index in [1.807, 2.05) is 0 Å². The van der Waals surface area contributed by atoms with Crippen LogP contribution in [0.5, 0.6) is 0 Å². The van der Waals surface area contributed by atoms with E-state index in [0.717, 1.165) is 49.9 Å². The molecule has 2 heteroatoms. The standard InChI is InChI=1S/C47H66N2/c1-3-5-7-9-11-16-20-44-36-42(30-32-46(44)48)34-40-26-22-38(23-27-40)18-14-13-15-19-39-24-28-41(29-25-39)35-43-31-33-47(49)45(37-43)21-17-12-10-8-6-4-2/h22-33,36-37H,3-21,34-35,48-49H2,1-2H3. The van der Waals surface area contributed by atoms with Crippen LogP contribution in [-0.4, -0.2) is 0 Å². The van der Waals surface area contributed by atoms with E-state index in [9.17, 15) is 0 Å². The lowest BCUT2D eigenvalue weighted by Crippen LogP contribution is -1.98. The largest absolute Gasteiger partial charge is 0.399 e. The number of nitrogen functional groups attached to an aromatic ring is 2. The summed E-state index contributed by atoms with van der Waals surface area (Å²) >= 11 is 0. The van der Waals surface area contributed by atoms with Crippen molar-refractivity contribution in [2.75, 3.05) is 11.5 Å². The zero-order valence-corrected chi connectivity index (χ0v) is 31.1. The number of unbranched alkanes of at least 4 members (excludes halogenated alkanes) is 12. The zero-order chi connectivity index (χ0) is 34.5. The van der Waals surface area contributed by atoms with Gasteiger partial charge >= 0.3 is 0 Å². The number of aryl methyl sites for hydroxylation is 4. The maximum Gasteiger partial charge on any atom is 0.0346 e. The second-order valence-corrected chi connectivity index (χ2v) is 14.6. The molecule has 0 heterocycles. The van der Waals surface area contributed by atoms with Gasteiger partial charge in [-0.3, -0.25) is 0 Å². The van der Waals surface area contributed by atoms with Gasteiger partial charge in [0.1, 0.15) is 0 Å². The first kappa shape index (κ1) is 38.3. The minimum Gasteiger partial charge on any atom is -0.399 e. The quantitative estimate of drug-likeness (QED) is 0.0581. The molecule has 4 aromatic rings. The van der Waals surface area contributed by atoms with E-state index in [4.69, 9.17) is 11.5 Å². The summed E-state index contributed by atoms with van der Waals surface area (Å²) in [5.74, 6) is 0. The van der Waals surface area contributed by atoms with Crippen molar-refractivity contribution < 1.29 is 0 Å². The molecule has 0 radical (unpaired) electrons. The fourth-order valence-corrected chi connectivity index (χ4v) is 7.12. The molecule has 264 valence electrons. The van der Waals surface area contributed by atoms with Gasteiger partial charge in [0.05, 0.1) is 0 Å². The van der Waals surface area contributed by atoms with Gasteiger partial charge in [-0.1, -0.05) is 157 Å². The topological polar surface area (TPSA) is 52.0 Å². The number of rotatable bonds is 24. The lowest BCUT2D eigenvalue weighted by molar-refractivity contribution is 0.608. The molecule has 0 aromatic heterocycles. The molecule has 0 aliphatic carbocycles. The molecule has 0 aliphatic heterocycles. The molecule has 0 unspecified atom stereocenters. The van der Waals surface area contributed by atoms with Crippen LogP contribution in [-0.2, 0) is 38.5 Å². The molecule has 4 rings (SSSR count). The third kappa shape index (κ3) is 14.5. The number of hydrogen-bond donors (Lipinski definition) is 2. The Hall–Kier alpha value is -3.52. The fourth-order valence-electron chi connectivity index (χ4n) is 7.12. The minimum atomic E-state index is 0.950. The summed E-state index contributed by atoms with van der Waals surface area (Å²) in [6.07, 6.45) is 26.1. The minimum absolute atomic E-state index is 0.950. The molecule has 0 spiro atoms. The summed E-state index contributed by atoms with van der Waals surface area (Å²) < 4.78 is 0. The lowest BCUT2D eigenvalue weighted by atomic mass is 9.96. The van der Waals surface area contributed by atoms with E-state index in [-0.39, 0.29) is 0 Å². The monoisotopic (exact) mass is 659 g/mol. The van der Waals surface area contributed by atoms with Gasteiger partial charge < -0.3 is 11.5 Å². The second kappa shape index (κ2) is 22.2. The van der Waals surface area contributed by atoms with Crippen LogP contribution in [0.1, 0.15) is 155 Å². The van der Waals surface area contributed by atoms with E-state index in [0.29, 0.717) is 0 Å². The van der Waals surface area contributed by atoms with E-state index >= 15 is 0 Å². The Kier molecular flexibility index (Phi) is 17.4. The van der Waals surface area contributed by atoms with Crippen molar-refractivity contribution in [3.63, 3.8) is 0 Å². The number of benzene rings is 4. The molecule has 49 heavy (non-hydrogen) atoms. The average Bonchev–Trinajstić information content (AvgIpc) is 3.11. The van der Waals surface area contributed by atoms with Crippen LogP contribution in [0.15, 0.2) is 84.9 Å². The fraction of sp³-hybridized carbons (Fsp3) is 0.489. The Bertz CT molecular complexity index is 1350. The first-order valence-electron chi connectivity index (χ1n) is 19.9. The predicted octanol–water partition coefficient (Wildman–Crippen LogP) is 12.8. The lowest BCUT2D eigenvalue weighted by Gasteiger charge is -2.10. The van der Waals surface area contributed by atoms with Crippen molar-refractivity contribution in [2.24, 2.45) is 0 Å². The van der Waals surface area contributed by atoms with Crippen LogP contribution in [0.2, 0.25) is 0 Å². The molecule has 0 saturated carbocycles. The van der Waals surface area contributed by atoms with Crippen molar-refractivity contribution in [3.8, 4) is 0 Å². The van der Waals surface area contributed by atoms with E-state index in [1.54, 1.807) is 0 Å². The summed E-state index contributed by atoms with van der Waals surface area (Å²) in [6, 6.07) is 31.9. The van der Waals surface area contributed by atoms with Gasteiger partial charge in [-0.2, -0.15) is 0 Å². The first-order chi connectivity index (χ1) is 24.0. The number of hydrogen-bond acceptors (Lipinski definition) is 2. The molecule has 0 saturated heterocycles. The molecule has 4 N–H and O–H groups in total. The summed E-state index contributed by atoms with van der Waals surface area (Å²) in [4.78, 5) is 0. The Morgan fingerprint density at radius 3 is 1.04 bits per heavy atom. The summed E-state index contributed by atoms with van der Waals surface area (Å²) in [5.41, 5.74) is 25.6. The van der Waals surface area contributed by atoms with E-state index in [2.05, 4.69) is 98.8 Å². The Morgan fingerprint density at radius 1 is 0.327 bits per heavy atom. The van der Waals surface area contributed by atoms with Crippen LogP contribution in [0.25, 0.3) is 0 Å². The van der Waals surface area contributed by atoms with Gasteiger partial charge in [-0.05, 0) is 121 Å². The maximum absolute atomic E-state index is 6.33. The second-order valence-electron chi connectivity index (χ2n) is 14.6. The van der Waals surface area contributed by atoms with Crippen molar-refractivity contribution >= 4 is 11.4 Å². The Morgan fingerprint density at radius 2 is 0.633 bits per heavy atom. The van der Waals surface area contributed by atoms with Gasteiger partial charge in [0.25, 0.3) is 0 Å². The predicted molar refractivity (Wildman–Crippen MR) is 216 cm³/mol. The highest BCUT2D eigenvalue weighted by Crippen LogP contribution is 2.22. The number of nitrogens with two attached hydrogens (primary N) is 2. The molecule has 0 atom stereocenters. The maximum atomic E-state index is 6.33. The van der Waals surface area contributed by atoms with E-state index < -0.39 is 0 Å². The summed E-state index contributed by atoms with van der Waals surface area (Å²) in [7, 11) is 0. The van der Waals surface area contributed by atoms with Gasteiger partial charge in [-0.25, -0.2) is 0 Å². The first-order valence-corrected chi connectivity index (χ1v) is 19.9. The molecule has 4 aromatic carbocycles. The van der Waals surface area contributed by atoms with Crippen molar-refractivity contribution in [1.82, 2.24) is 0 Å². The van der Waals surface area contributed by atoms with Gasteiger partial charge in [0, 0.05) is 11.4 Å². The molecule has 2 nitrogen and oxygen atoms in total. The molecule has 0 fully saturated rings. The van der Waals surface area contributed by atoms with Gasteiger partial charge in [-0.15, -0.1) is 0 Å². The van der Waals surface area contributed by atoms with Crippen LogP contribution < -0.4 is 11.5 Å². The molecular weight excluding hydrogens is 593 g/mol. The highest BCUT2D eigenvalue weighted by Gasteiger charge is 2.06. The highest BCUT2D eigenvalue weighted by atomic mass is 14.6. The number of anilines is 2. The van der Waals surface area contributed by atoms with Crippen LogP contribution >= 0.6 is 0 Å². The highest BCUT2D eigenvalue weighted by molar-refractivity contribution is 5.50. The molecule has 0 aliphatic rings. The zero-order valence-electron chi connectivity index (χ0n) is 31.1. The van der Waals surface area contributed by atoms with Crippen LogP contribution in [0, 0.1) is 0 Å². The van der Waals surface area contributed by atoms with Crippen molar-refractivity contribution in [1.29, 1.82) is 0 Å². The molecular formula is C47H66N2. The molecule has 0 bridgehead atoms. The summed E-state index contributed by atoms with van der Waals surface area (Å²) in [6.45, 7) is 4.55. The van der Waals surface area contributed by atoms with Crippen LogP contribution in [0.3, 0.4) is 0 Å². The van der Waals surface area contributed by atoms with Crippen molar-refractivity contribution in [2.45, 2.75) is 149 Å². The Balaban J connectivity index is 1.13.